The lowest BCUT2D eigenvalue weighted by molar-refractivity contribution is -0.117. The summed E-state index contributed by atoms with van der Waals surface area (Å²) in [4.78, 5) is 14.8. The first-order valence-corrected chi connectivity index (χ1v) is 8.91. The summed E-state index contributed by atoms with van der Waals surface area (Å²) in [5, 5.41) is 4.29. The predicted molar refractivity (Wildman–Crippen MR) is 98.3 cm³/mol. The van der Waals surface area contributed by atoms with Crippen molar-refractivity contribution in [2.45, 2.75) is 25.7 Å². The normalized spacial score (nSPS) is 16.0. The number of allylic oxidation sites excluding steroid dienone is 3. The average molecular weight is 333 g/mol. The van der Waals surface area contributed by atoms with E-state index in [4.69, 9.17) is 0 Å². The quantitative estimate of drug-likeness (QED) is 0.844. The number of nitrogens with zero attached hydrogens (tertiary/aromatic N) is 3. The van der Waals surface area contributed by atoms with Crippen molar-refractivity contribution in [2.75, 3.05) is 13.1 Å². The molecule has 0 spiro atoms. The molecule has 0 fully saturated rings. The van der Waals surface area contributed by atoms with Gasteiger partial charge in [0.05, 0.1) is 12.1 Å². The molecule has 1 aliphatic carbocycles. The second kappa shape index (κ2) is 6.71. The van der Waals surface area contributed by atoms with Gasteiger partial charge in [-0.1, -0.05) is 24.3 Å². The second-order valence-corrected chi connectivity index (χ2v) is 6.91. The molecule has 4 rings (SSSR count). The van der Waals surface area contributed by atoms with E-state index in [1.807, 2.05) is 19.3 Å². The van der Waals surface area contributed by atoms with Crippen LogP contribution >= 0.6 is 0 Å². The Kier molecular flexibility index (Phi) is 4.26. The van der Waals surface area contributed by atoms with Crippen LogP contribution in [0.15, 0.2) is 54.4 Å². The van der Waals surface area contributed by atoms with E-state index >= 15 is 0 Å². The number of Topliss-reactive ketones (excluding diaryl/α,β-unsaturated/α-hetero) is 1. The molecule has 2 heterocycles. The number of benzene rings is 1. The minimum absolute atomic E-state index is 0.221. The Morgan fingerprint density at radius 3 is 2.60 bits per heavy atom. The standard InChI is InChI=1S/C21H23N3O/c1-23-10-9-19(22-23)15-21(25)14-16-5-6-17-7-11-24(20-3-2-4-20)12-8-18(17)13-16/h2-6,9-10,13H,7-8,11-12,14-15H2,1H3. The van der Waals surface area contributed by atoms with Gasteiger partial charge in [-0.15, -0.1) is 0 Å². The van der Waals surface area contributed by atoms with Crippen LogP contribution in [0.4, 0.5) is 0 Å². The van der Waals surface area contributed by atoms with Crippen molar-refractivity contribution in [1.29, 1.82) is 0 Å². The molecule has 4 heteroatoms. The topological polar surface area (TPSA) is 38.1 Å². The van der Waals surface area contributed by atoms with Gasteiger partial charge in [0.25, 0.3) is 0 Å². The Morgan fingerprint density at radius 1 is 1.12 bits per heavy atom. The highest BCUT2D eigenvalue weighted by atomic mass is 16.1. The van der Waals surface area contributed by atoms with Gasteiger partial charge >= 0.3 is 0 Å². The summed E-state index contributed by atoms with van der Waals surface area (Å²) in [6.45, 7) is 2.12. The molecule has 0 radical (unpaired) electrons. The largest absolute Gasteiger partial charge is 0.371 e. The summed E-state index contributed by atoms with van der Waals surface area (Å²) in [5.74, 6) is 0.221. The first-order chi connectivity index (χ1) is 12.2. The van der Waals surface area contributed by atoms with E-state index in [1.54, 1.807) is 4.68 Å². The van der Waals surface area contributed by atoms with Crippen molar-refractivity contribution in [2.24, 2.45) is 7.05 Å². The molecular weight excluding hydrogens is 310 g/mol. The van der Waals surface area contributed by atoms with Gasteiger partial charge in [0.1, 0.15) is 5.78 Å². The third kappa shape index (κ3) is 3.58. The van der Waals surface area contributed by atoms with Crippen molar-refractivity contribution in [1.82, 2.24) is 14.7 Å². The lowest BCUT2D eigenvalue weighted by Crippen LogP contribution is -2.26. The van der Waals surface area contributed by atoms with E-state index in [-0.39, 0.29) is 5.78 Å². The molecule has 1 aromatic carbocycles. The third-order valence-corrected chi connectivity index (χ3v) is 5.02. The van der Waals surface area contributed by atoms with Crippen LogP contribution in [0, 0.1) is 0 Å². The van der Waals surface area contributed by atoms with Crippen LogP contribution in [0.3, 0.4) is 0 Å². The van der Waals surface area contributed by atoms with E-state index in [0.29, 0.717) is 12.8 Å². The average Bonchev–Trinajstić information content (AvgIpc) is 2.82. The predicted octanol–water partition coefficient (Wildman–Crippen LogP) is 2.63. The Hall–Kier alpha value is -2.62. The molecule has 0 bridgehead atoms. The third-order valence-electron chi connectivity index (χ3n) is 5.02. The molecule has 2 aromatic rings. The molecular formula is C21H23N3O. The SMILES string of the molecule is Cn1ccc(CC(=O)Cc2ccc3c(c2)CCN(C2=CC=C2)CC3)n1. The fourth-order valence-electron chi connectivity index (χ4n) is 3.59. The van der Waals surface area contributed by atoms with Crippen LogP contribution in [-0.4, -0.2) is 33.6 Å². The van der Waals surface area contributed by atoms with Gasteiger partial charge in [0.15, 0.2) is 0 Å². The van der Waals surface area contributed by atoms with Crippen LogP contribution in [0.2, 0.25) is 0 Å². The molecule has 0 saturated carbocycles. The smallest absolute Gasteiger partial charge is 0.143 e. The van der Waals surface area contributed by atoms with Crippen LogP contribution in [0.25, 0.3) is 0 Å². The van der Waals surface area contributed by atoms with E-state index < -0.39 is 0 Å². The van der Waals surface area contributed by atoms with Crippen molar-refractivity contribution >= 4 is 5.78 Å². The Balaban J connectivity index is 1.41. The van der Waals surface area contributed by atoms with Gasteiger partial charge in [-0.25, -0.2) is 0 Å². The van der Waals surface area contributed by atoms with Crippen LogP contribution in [0.5, 0.6) is 0 Å². The number of ketones is 1. The maximum absolute atomic E-state index is 12.3. The first kappa shape index (κ1) is 15.9. The van der Waals surface area contributed by atoms with Gasteiger partial charge in [-0.3, -0.25) is 9.48 Å². The molecule has 0 atom stereocenters. The molecule has 128 valence electrons. The van der Waals surface area contributed by atoms with Crippen molar-refractivity contribution in [3.63, 3.8) is 0 Å². The van der Waals surface area contributed by atoms with E-state index in [1.165, 1.54) is 16.8 Å². The van der Waals surface area contributed by atoms with Crippen LogP contribution in [0.1, 0.15) is 22.4 Å². The zero-order valence-electron chi connectivity index (χ0n) is 14.6. The zero-order chi connectivity index (χ0) is 17.2. The van der Waals surface area contributed by atoms with E-state index in [9.17, 15) is 4.79 Å². The van der Waals surface area contributed by atoms with Crippen LogP contribution in [-0.2, 0) is 37.5 Å². The minimum Gasteiger partial charge on any atom is -0.371 e. The van der Waals surface area contributed by atoms with Gasteiger partial charge in [-0.2, -0.15) is 5.10 Å². The summed E-state index contributed by atoms with van der Waals surface area (Å²) in [6.07, 6.45) is 11.3. The number of carbonyl (C=O) groups is 1. The Bertz CT molecular complexity index is 860. The van der Waals surface area contributed by atoms with Gasteiger partial charge in [0, 0.05) is 38.5 Å². The van der Waals surface area contributed by atoms with Crippen molar-refractivity contribution in [3.8, 4) is 0 Å². The first-order valence-electron chi connectivity index (χ1n) is 8.91. The van der Waals surface area contributed by atoms with Crippen molar-refractivity contribution < 1.29 is 4.79 Å². The molecule has 1 aliphatic heterocycles. The molecule has 0 N–H and O–H groups in total. The number of aryl methyl sites for hydroxylation is 1. The molecule has 0 saturated heterocycles. The molecule has 2 aliphatic rings. The Labute approximate surface area is 148 Å². The number of fused-ring (bicyclic) bond motifs is 1. The molecule has 0 amide bonds. The highest BCUT2D eigenvalue weighted by Gasteiger charge is 2.17. The van der Waals surface area contributed by atoms with Crippen LogP contribution < -0.4 is 0 Å². The molecule has 0 unspecified atom stereocenters. The number of carbonyl (C=O) groups excluding carboxylic acids is 1. The second-order valence-electron chi connectivity index (χ2n) is 6.91. The zero-order valence-corrected chi connectivity index (χ0v) is 14.6. The lowest BCUT2D eigenvalue weighted by atomic mass is 9.97. The molecule has 4 nitrogen and oxygen atoms in total. The monoisotopic (exact) mass is 333 g/mol. The van der Waals surface area contributed by atoms with Crippen molar-refractivity contribution in [3.05, 3.63) is 76.8 Å². The molecule has 1 aromatic heterocycles. The fraction of sp³-hybridized carbons (Fsp3) is 0.333. The fourth-order valence-corrected chi connectivity index (χ4v) is 3.59. The maximum Gasteiger partial charge on any atom is 0.143 e. The van der Waals surface area contributed by atoms with Gasteiger partial charge < -0.3 is 4.90 Å². The Morgan fingerprint density at radius 2 is 1.92 bits per heavy atom. The summed E-state index contributed by atoms with van der Waals surface area (Å²) in [6, 6.07) is 8.48. The number of hydrogen-bond donors (Lipinski definition) is 0. The number of rotatable bonds is 5. The summed E-state index contributed by atoms with van der Waals surface area (Å²) < 4.78 is 1.74. The van der Waals surface area contributed by atoms with E-state index in [0.717, 1.165) is 37.2 Å². The maximum atomic E-state index is 12.3. The summed E-state index contributed by atoms with van der Waals surface area (Å²) >= 11 is 0. The highest BCUT2D eigenvalue weighted by Crippen LogP contribution is 2.22. The number of aromatic nitrogens is 2. The minimum atomic E-state index is 0.221. The lowest BCUT2D eigenvalue weighted by Gasteiger charge is -2.26. The molecule has 25 heavy (non-hydrogen) atoms. The highest BCUT2D eigenvalue weighted by molar-refractivity contribution is 5.82. The summed E-state index contributed by atoms with van der Waals surface area (Å²) in [7, 11) is 1.87. The van der Waals surface area contributed by atoms with Gasteiger partial charge in [-0.05, 0) is 47.8 Å². The van der Waals surface area contributed by atoms with Gasteiger partial charge in [0.2, 0.25) is 0 Å². The van der Waals surface area contributed by atoms with E-state index in [2.05, 4.69) is 46.4 Å². The number of hydrogen-bond acceptors (Lipinski definition) is 3. The summed E-state index contributed by atoms with van der Waals surface area (Å²) in [5.41, 5.74) is 6.14.